The number of H-pyrrole nitrogens is 1. The van der Waals surface area contributed by atoms with Gasteiger partial charge in [-0.1, -0.05) is 0 Å². The van der Waals surface area contributed by atoms with E-state index >= 15 is 0 Å². The minimum atomic E-state index is -4.42. The molecule has 1 aromatic rings. The molecule has 0 spiro atoms. The van der Waals surface area contributed by atoms with Crippen molar-refractivity contribution in [3.63, 3.8) is 0 Å². The van der Waals surface area contributed by atoms with Crippen molar-refractivity contribution in [2.75, 3.05) is 6.54 Å². The molecule has 21 heavy (non-hydrogen) atoms. The summed E-state index contributed by atoms with van der Waals surface area (Å²) in [4.78, 5) is 11.3. The van der Waals surface area contributed by atoms with Gasteiger partial charge in [0.15, 0.2) is 5.69 Å². The molecule has 0 aliphatic heterocycles. The fourth-order valence-corrected chi connectivity index (χ4v) is 2.76. The standard InChI is InChI=1S/C10H13F3N4O3S/c11-10(12,13)3-4-15-9(18)7-8(21(14,19)20)6(16-17-7)5-1-2-5/h5H,1-4H2,(H,15,18)(H,16,17)(H2,14,19,20). The van der Waals surface area contributed by atoms with Gasteiger partial charge in [0.05, 0.1) is 12.1 Å². The molecule has 11 heteroatoms. The van der Waals surface area contributed by atoms with Crippen molar-refractivity contribution in [2.24, 2.45) is 5.14 Å². The molecule has 0 aromatic carbocycles. The maximum Gasteiger partial charge on any atom is 0.390 e. The van der Waals surface area contributed by atoms with Crippen LogP contribution < -0.4 is 10.5 Å². The molecular formula is C10H13F3N4O3S. The summed E-state index contributed by atoms with van der Waals surface area (Å²) in [6, 6.07) is 0. The average molecular weight is 326 g/mol. The van der Waals surface area contributed by atoms with E-state index in [0.29, 0.717) is 0 Å². The smallest absolute Gasteiger partial charge is 0.350 e. The first-order valence-corrected chi connectivity index (χ1v) is 7.60. The number of sulfonamides is 1. The highest BCUT2D eigenvalue weighted by Gasteiger charge is 2.36. The summed E-state index contributed by atoms with van der Waals surface area (Å²) in [7, 11) is -4.20. The van der Waals surface area contributed by atoms with Crippen LogP contribution in [-0.2, 0) is 10.0 Å². The molecule has 0 unspecified atom stereocenters. The number of nitrogens with two attached hydrogens (primary N) is 1. The molecule has 1 fully saturated rings. The van der Waals surface area contributed by atoms with Crippen LogP contribution in [0, 0.1) is 0 Å². The second kappa shape index (κ2) is 5.30. The van der Waals surface area contributed by atoms with Crippen molar-refractivity contribution >= 4 is 15.9 Å². The van der Waals surface area contributed by atoms with Gasteiger partial charge >= 0.3 is 6.18 Å². The number of rotatable bonds is 5. The van der Waals surface area contributed by atoms with Gasteiger partial charge in [-0.25, -0.2) is 13.6 Å². The number of aromatic amines is 1. The van der Waals surface area contributed by atoms with Gasteiger partial charge in [-0.3, -0.25) is 9.89 Å². The lowest BCUT2D eigenvalue weighted by atomic mass is 10.2. The van der Waals surface area contributed by atoms with Crippen LogP contribution in [0.2, 0.25) is 0 Å². The Morgan fingerprint density at radius 1 is 1.43 bits per heavy atom. The van der Waals surface area contributed by atoms with Crippen LogP contribution in [0.1, 0.15) is 41.4 Å². The lowest BCUT2D eigenvalue weighted by Gasteiger charge is -2.07. The van der Waals surface area contributed by atoms with Crippen molar-refractivity contribution < 1.29 is 26.4 Å². The third-order valence-corrected chi connectivity index (χ3v) is 3.91. The molecular weight excluding hydrogens is 313 g/mol. The van der Waals surface area contributed by atoms with Crippen molar-refractivity contribution in [3.05, 3.63) is 11.4 Å². The number of carbonyl (C=O) groups is 1. The van der Waals surface area contributed by atoms with Crippen LogP contribution in [0.5, 0.6) is 0 Å². The predicted molar refractivity (Wildman–Crippen MR) is 64.9 cm³/mol. The summed E-state index contributed by atoms with van der Waals surface area (Å²) in [5.41, 5.74) is -0.264. The SMILES string of the molecule is NS(=O)(=O)c1c(C(=O)NCCC(F)(F)F)n[nH]c1C1CC1. The topological polar surface area (TPSA) is 118 Å². The van der Waals surface area contributed by atoms with Gasteiger partial charge in [-0.05, 0) is 12.8 Å². The highest BCUT2D eigenvalue weighted by Crippen LogP contribution is 2.42. The van der Waals surface area contributed by atoms with Crippen LogP contribution in [0.3, 0.4) is 0 Å². The van der Waals surface area contributed by atoms with E-state index in [9.17, 15) is 26.4 Å². The number of nitrogens with zero attached hydrogens (tertiary/aromatic N) is 1. The molecule has 0 atom stereocenters. The number of primary sulfonamides is 1. The minimum absolute atomic E-state index is 0.0671. The van der Waals surface area contributed by atoms with E-state index < -0.39 is 45.7 Å². The van der Waals surface area contributed by atoms with Crippen LogP contribution in [-0.4, -0.2) is 37.2 Å². The molecule has 0 saturated heterocycles. The summed E-state index contributed by atoms with van der Waals surface area (Å²) in [5.74, 6) is -1.08. The summed E-state index contributed by atoms with van der Waals surface area (Å²) in [6.07, 6.45) is -4.16. The maximum atomic E-state index is 12.0. The number of carbonyl (C=O) groups excluding carboxylic acids is 1. The fourth-order valence-electron chi connectivity index (χ4n) is 1.84. The Kier molecular flexibility index (Phi) is 3.97. The lowest BCUT2D eigenvalue weighted by molar-refractivity contribution is -0.133. The van der Waals surface area contributed by atoms with Gasteiger partial charge in [-0.15, -0.1) is 0 Å². The Hall–Kier alpha value is -1.62. The fraction of sp³-hybridized carbons (Fsp3) is 0.600. The zero-order chi connectivity index (χ0) is 15.8. The third-order valence-electron chi connectivity index (χ3n) is 2.93. The lowest BCUT2D eigenvalue weighted by Crippen LogP contribution is -2.30. The van der Waals surface area contributed by atoms with E-state index in [0.717, 1.165) is 12.8 Å². The Bertz CT molecular complexity index is 649. The molecule has 0 radical (unpaired) electrons. The summed E-state index contributed by atoms with van der Waals surface area (Å²) < 4.78 is 59.1. The van der Waals surface area contributed by atoms with Gasteiger partial charge in [0.1, 0.15) is 4.90 Å². The van der Waals surface area contributed by atoms with Crippen molar-refractivity contribution in [3.8, 4) is 0 Å². The number of aromatic nitrogens is 2. The summed E-state index contributed by atoms with van der Waals surface area (Å²) in [6.45, 7) is -0.669. The highest BCUT2D eigenvalue weighted by atomic mass is 32.2. The maximum absolute atomic E-state index is 12.0. The number of alkyl halides is 3. The molecule has 1 heterocycles. The van der Waals surface area contributed by atoms with Gasteiger partial charge < -0.3 is 5.32 Å². The Balaban J connectivity index is 2.18. The molecule has 1 saturated carbocycles. The van der Waals surface area contributed by atoms with Gasteiger partial charge in [0.2, 0.25) is 10.0 Å². The monoisotopic (exact) mass is 326 g/mol. The first-order valence-electron chi connectivity index (χ1n) is 6.05. The molecule has 4 N–H and O–H groups in total. The Morgan fingerprint density at radius 3 is 2.52 bits per heavy atom. The quantitative estimate of drug-likeness (QED) is 0.735. The Labute approximate surface area is 118 Å². The number of amides is 1. The molecule has 1 aliphatic carbocycles. The van der Waals surface area contributed by atoms with Gasteiger partial charge in [0.25, 0.3) is 5.91 Å². The number of hydrogen-bond acceptors (Lipinski definition) is 4. The van der Waals surface area contributed by atoms with E-state index in [4.69, 9.17) is 5.14 Å². The van der Waals surface area contributed by atoms with E-state index in [2.05, 4.69) is 10.2 Å². The van der Waals surface area contributed by atoms with E-state index in [1.807, 2.05) is 5.32 Å². The molecule has 1 amide bonds. The molecule has 1 aliphatic rings. The predicted octanol–water partition coefficient (Wildman–Crippen LogP) is 0.617. The van der Waals surface area contributed by atoms with Crippen LogP contribution in [0.25, 0.3) is 0 Å². The largest absolute Gasteiger partial charge is 0.390 e. The molecule has 7 nitrogen and oxygen atoms in total. The second-order valence-electron chi connectivity index (χ2n) is 4.76. The number of hydrogen-bond donors (Lipinski definition) is 3. The van der Waals surface area contributed by atoms with Gasteiger partial charge in [0, 0.05) is 12.5 Å². The molecule has 118 valence electrons. The van der Waals surface area contributed by atoms with Crippen molar-refractivity contribution in [1.82, 2.24) is 15.5 Å². The highest BCUT2D eigenvalue weighted by molar-refractivity contribution is 7.89. The molecule has 0 bridgehead atoms. The number of nitrogens with one attached hydrogen (secondary N) is 2. The second-order valence-corrected chi connectivity index (χ2v) is 6.25. The first-order chi connectivity index (χ1) is 9.59. The summed E-state index contributed by atoms with van der Waals surface area (Å²) >= 11 is 0. The zero-order valence-corrected chi connectivity index (χ0v) is 11.5. The molecule has 1 aromatic heterocycles. The van der Waals surface area contributed by atoms with Crippen molar-refractivity contribution in [1.29, 1.82) is 0 Å². The van der Waals surface area contributed by atoms with Crippen molar-refractivity contribution in [2.45, 2.75) is 36.3 Å². The first kappa shape index (κ1) is 15.8. The van der Waals surface area contributed by atoms with Crippen LogP contribution >= 0.6 is 0 Å². The van der Waals surface area contributed by atoms with Crippen LogP contribution in [0.15, 0.2) is 4.90 Å². The Morgan fingerprint density at radius 2 is 2.05 bits per heavy atom. The minimum Gasteiger partial charge on any atom is -0.350 e. The number of halogens is 3. The normalized spacial score (nSPS) is 16.0. The van der Waals surface area contributed by atoms with E-state index in [1.54, 1.807) is 0 Å². The van der Waals surface area contributed by atoms with Crippen LogP contribution in [0.4, 0.5) is 13.2 Å². The summed E-state index contributed by atoms with van der Waals surface area (Å²) in [5, 5.41) is 13.1. The zero-order valence-electron chi connectivity index (χ0n) is 10.7. The molecule has 2 rings (SSSR count). The van der Waals surface area contributed by atoms with E-state index in [-0.39, 0.29) is 11.6 Å². The van der Waals surface area contributed by atoms with E-state index in [1.165, 1.54) is 0 Å². The van der Waals surface area contributed by atoms with Gasteiger partial charge in [-0.2, -0.15) is 18.3 Å². The average Bonchev–Trinajstić information content (AvgIpc) is 3.04. The third kappa shape index (κ3) is 3.94.